The first-order valence-corrected chi connectivity index (χ1v) is 9.95. The smallest absolute Gasteiger partial charge is 0.483 e. The minimum absolute atomic E-state index is 0.0369. The van der Waals surface area contributed by atoms with Crippen LogP contribution in [0.1, 0.15) is 43.0 Å². The molecule has 1 heterocycles. The molecule has 4 rings (SSSR count). The summed E-state index contributed by atoms with van der Waals surface area (Å²) in [6.07, 6.45) is -3.99. The number of fused-ring (bicyclic) bond motifs is 2. The van der Waals surface area contributed by atoms with E-state index in [0.29, 0.717) is 30.5 Å². The Morgan fingerprint density at radius 2 is 1.94 bits per heavy atom. The molecular weight excluding hydrogens is 413 g/mol. The molecule has 166 valence electrons. The highest BCUT2D eigenvalue weighted by Crippen LogP contribution is 2.46. The molecule has 2 aromatic carbocycles. The van der Waals surface area contributed by atoms with Crippen molar-refractivity contribution in [1.29, 1.82) is 0 Å². The number of carbonyl (C=O) groups excluding carboxylic acids is 1. The van der Waals surface area contributed by atoms with E-state index in [1.807, 2.05) is 6.07 Å². The van der Waals surface area contributed by atoms with E-state index in [1.54, 1.807) is 32.0 Å². The highest BCUT2D eigenvalue weighted by atomic mass is 19.4. The van der Waals surface area contributed by atoms with Crippen LogP contribution in [0, 0.1) is 0 Å². The van der Waals surface area contributed by atoms with Crippen molar-refractivity contribution in [2.45, 2.75) is 57.2 Å². The van der Waals surface area contributed by atoms with Crippen LogP contribution in [0.5, 0.6) is 11.5 Å². The van der Waals surface area contributed by atoms with E-state index in [2.05, 4.69) is 15.4 Å². The van der Waals surface area contributed by atoms with E-state index >= 15 is 0 Å². The minimum atomic E-state index is -4.86. The van der Waals surface area contributed by atoms with Crippen molar-refractivity contribution in [3.63, 3.8) is 0 Å². The molecule has 0 aromatic heterocycles. The maximum absolute atomic E-state index is 12.8. The third kappa shape index (κ3) is 4.71. The van der Waals surface area contributed by atoms with Crippen molar-refractivity contribution in [2.75, 3.05) is 5.32 Å². The standard InChI is InChI=1S/C22H23F3N2O4/c1-21(2)11-17(14-6-4-8-18(19(14)31-21)30-22(23,24)25)27-20(29)26-16-7-3-5-12-9-13(28)10-15(12)16/h3-8,13,17,28H,9-11H2,1-2H3,(H2,26,27,29)/t13-,17-/m1/s1. The lowest BCUT2D eigenvalue weighted by Crippen LogP contribution is -2.42. The summed E-state index contributed by atoms with van der Waals surface area (Å²) in [7, 11) is 0. The van der Waals surface area contributed by atoms with Crippen molar-refractivity contribution in [1.82, 2.24) is 5.32 Å². The van der Waals surface area contributed by atoms with Crippen LogP contribution in [0.15, 0.2) is 36.4 Å². The number of alkyl halides is 3. The van der Waals surface area contributed by atoms with Crippen LogP contribution in [0.25, 0.3) is 0 Å². The maximum atomic E-state index is 12.8. The van der Waals surface area contributed by atoms with Crippen LogP contribution in [-0.4, -0.2) is 29.2 Å². The normalized spacial score (nSPS) is 21.5. The molecule has 6 nitrogen and oxygen atoms in total. The Kier molecular flexibility index (Phi) is 5.25. The Hall–Kier alpha value is -2.94. The molecule has 3 N–H and O–H groups in total. The second-order valence-corrected chi connectivity index (χ2v) is 8.44. The third-order valence-electron chi connectivity index (χ3n) is 5.41. The zero-order valence-corrected chi connectivity index (χ0v) is 17.0. The van der Waals surface area contributed by atoms with Gasteiger partial charge in [-0.2, -0.15) is 0 Å². The molecule has 1 aliphatic heterocycles. The maximum Gasteiger partial charge on any atom is 0.573 e. The van der Waals surface area contributed by atoms with Gasteiger partial charge in [-0.05, 0) is 43.5 Å². The number of benzene rings is 2. The van der Waals surface area contributed by atoms with Gasteiger partial charge in [0.1, 0.15) is 5.60 Å². The van der Waals surface area contributed by atoms with E-state index in [0.717, 1.165) is 11.1 Å². The van der Waals surface area contributed by atoms with Gasteiger partial charge in [0.15, 0.2) is 11.5 Å². The average Bonchev–Trinajstić information content (AvgIpc) is 3.02. The summed E-state index contributed by atoms with van der Waals surface area (Å²) >= 11 is 0. The Morgan fingerprint density at radius 1 is 1.19 bits per heavy atom. The van der Waals surface area contributed by atoms with Crippen LogP contribution >= 0.6 is 0 Å². The monoisotopic (exact) mass is 436 g/mol. The number of halogens is 3. The number of hydrogen-bond donors (Lipinski definition) is 3. The second-order valence-electron chi connectivity index (χ2n) is 8.44. The van der Waals surface area contributed by atoms with Crippen LogP contribution in [0.4, 0.5) is 23.7 Å². The fraction of sp³-hybridized carbons (Fsp3) is 0.409. The Morgan fingerprint density at radius 3 is 2.68 bits per heavy atom. The summed E-state index contributed by atoms with van der Waals surface area (Å²) in [6, 6.07) is 8.61. The van der Waals surface area contributed by atoms with Gasteiger partial charge >= 0.3 is 12.4 Å². The molecule has 2 amide bonds. The quantitative estimate of drug-likeness (QED) is 0.664. The molecule has 31 heavy (non-hydrogen) atoms. The molecule has 2 aromatic rings. The first-order valence-electron chi connectivity index (χ1n) is 9.95. The van der Waals surface area contributed by atoms with Gasteiger partial charge in [-0.15, -0.1) is 13.2 Å². The number of hydrogen-bond acceptors (Lipinski definition) is 4. The fourth-order valence-corrected chi connectivity index (χ4v) is 4.23. The van der Waals surface area contributed by atoms with Crippen molar-refractivity contribution in [3.05, 3.63) is 53.1 Å². The summed E-state index contributed by atoms with van der Waals surface area (Å²) in [5.74, 6) is -0.482. The van der Waals surface area contributed by atoms with Crippen LogP contribution in [-0.2, 0) is 12.8 Å². The molecule has 0 fully saturated rings. The predicted octanol–water partition coefficient (Wildman–Crippen LogP) is 4.47. The predicted molar refractivity (Wildman–Crippen MR) is 107 cm³/mol. The molecule has 9 heteroatoms. The Labute approximate surface area is 177 Å². The van der Waals surface area contributed by atoms with Gasteiger partial charge in [-0.3, -0.25) is 0 Å². The Balaban J connectivity index is 1.57. The van der Waals surface area contributed by atoms with E-state index in [4.69, 9.17) is 4.74 Å². The fourth-order valence-electron chi connectivity index (χ4n) is 4.23. The first-order chi connectivity index (χ1) is 14.5. The van der Waals surface area contributed by atoms with Crippen molar-refractivity contribution < 1.29 is 32.5 Å². The molecule has 0 saturated heterocycles. The first kappa shape index (κ1) is 21.3. The van der Waals surface area contributed by atoms with E-state index in [1.165, 1.54) is 12.1 Å². The lowest BCUT2D eigenvalue weighted by Gasteiger charge is -2.38. The highest BCUT2D eigenvalue weighted by molar-refractivity contribution is 5.91. The average molecular weight is 436 g/mol. The summed E-state index contributed by atoms with van der Waals surface area (Å²) in [6.45, 7) is 3.47. The van der Waals surface area contributed by atoms with Crippen molar-refractivity contribution in [2.24, 2.45) is 0 Å². The summed E-state index contributed by atoms with van der Waals surface area (Å²) in [4.78, 5) is 12.8. The van der Waals surface area contributed by atoms with Gasteiger partial charge in [0.25, 0.3) is 0 Å². The van der Waals surface area contributed by atoms with Gasteiger partial charge in [-0.25, -0.2) is 4.79 Å². The van der Waals surface area contributed by atoms with Gasteiger partial charge < -0.3 is 25.2 Å². The van der Waals surface area contributed by atoms with Gasteiger partial charge in [0.05, 0.1) is 12.1 Å². The molecule has 2 atom stereocenters. The molecule has 0 bridgehead atoms. The third-order valence-corrected chi connectivity index (χ3v) is 5.41. The number of ether oxygens (including phenoxy) is 2. The lowest BCUT2D eigenvalue weighted by molar-refractivity contribution is -0.275. The summed E-state index contributed by atoms with van der Waals surface area (Å²) < 4.78 is 48.3. The topological polar surface area (TPSA) is 79.8 Å². The second kappa shape index (κ2) is 7.64. The van der Waals surface area contributed by atoms with Crippen molar-refractivity contribution in [3.8, 4) is 11.5 Å². The van der Waals surface area contributed by atoms with Gasteiger partial charge in [0, 0.05) is 24.1 Å². The molecule has 0 unspecified atom stereocenters. The number of para-hydroxylation sites is 1. The molecule has 1 aliphatic carbocycles. The summed E-state index contributed by atoms with van der Waals surface area (Å²) in [5.41, 5.74) is 2.06. The van der Waals surface area contributed by atoms with Crippen LogP contribution in [0.2, 0.25) is 0 Å². The summed E-state index contributed by atoms with van der Waals surface area (Å²) in [5, 5.41) is 15.6. The van der Waals surface area contributed by atoms with E-state index in [9.17, 15) is 23.1 Å². The van der Waals surface area contributed by atoms with E-state index in [-0.39, 0.29) is 5.75 Å². The number of aliphatic hydroxyl groups is 1. The number of nitrogens with one attached hydrogen (secondary N) is 2. The molecule has 2 aliphatic rings. The molecular formula is C22H23F3N2O4. The minimum Gasteiger partial charge on any atom is -0.483 e. The van der Waals surface area contributed by atoms with Crippen LogP contribution < -0.4 is 20.1 Å². The lowest BCUT2D eigenvalue weighted by atomic mass is 9.89. The molecule has 0 spiro atoms. The van der Waals surface area contributed by atoms with Crippen LogP contribution in [0.3, 0.4) is 0 Å². The Bertz CT molecular complexity index is 1010. The van der Waals surface area contributed by atoms with E-state index < -0.39 is 35.9 Å². The zero-order valence-electron chi connectivity index (χ0n) is 17.0. The molecule has 0 saturated carbocycles. The number of anilines is 1. The number of carbonyl (C=O) groups is 1. The number of urea groups is 1. The zero-order chi connectivity index (χ0) is 22.4. The number of rotatable bonds is 3. The molecule has 0 radical (unpaired) electrons. The largest absolute Gasteiger partial charge is 0.573 e. The van der Waals surface area contributed by atoms with Gasteiger partial charge in [-0.1, -0.05) is 24.3 Å². The number of aliphatic hydroxyl groups excluding tert-OH is 1. The van der Waals surface area contributed by atoms with Crippen molar-refractivity contribution >= 4 is 11.7 Å². The van der Waals surface area contributed by atoms with Gasteiger partial charge in [0.2, 0.25) is 0 Å². The highest BCUT2D eigenvalue weighted by Gasteiger charge is 2.39. The SMILES string of the molecule is CC1(C)C[C@@H](NC(=O)Nc2cccc3c2C[C@H](O)C3)c2cccc(OC(F)(F)F)c2O1. The number of amides is 2.